The number of carbonyl (C=O) groups excluding carboxylic acids is 5. The van der Waals surface area contributed by atoms with Crippen LogP contribution in [0.1, 0.15) is 305 Å². The van der Waals surface area contributed by atoms with Gasteiger partial charge in [0.1, 0.15) is 28.0 Å². The fraction of sp³-hybridized carbons (Fsp3) is 0.837. The van der Waals surface area contributed by atoms with Crippen molar-refractivity contribution < 1.29 is 294 Å². The molecule has 0 spiro atoms. The van der Waals surface area contributed by atoms with Crippen LogP contribution in [0.5, 0.6) is 0 Å². The maximum atomic E-state index is 12.6. The summed E-state index contributed by atoms with van der Waals surface area (Å²) in [5, 5.41) is 51.9. The molecule has 26 unspecified atom stereocenters. The number of hydrogen-bond acceptors (Lipinski definition) is 15. The van der Waals surface area contributed by atoms with Gasteiger partial charge in [-0.25, -0.2) is 0 Å². The Labute approximate surface area is 852 Å². The van der Waals surface area contributed by atoms with Crippen LogP contribution in [0.4, 0.5) is 0 Å². The summed E-state index contributed by atoms with van der Waals surface area (Å²) >= 11 is 0. The van der Waals surface area contributed by atoms with Crippen LogP contribution in [-0.4, -0.2) is 114 Å². The van der Waals surface area contributed by atoms with E-state index in [1.165, 1.54) is 109 Å². The summed E-state index contributed by atoms with van der Waals surface area (Å²) in [5.41, 5.74) is -1.29. The molecule has 5 radical (unpaired) electrons. The van der Waals surface area contributed by atoms with E-state index in [1.54, 1.807) is 0 Å². The molecular weight excluding hydrogens is 2480 g/mol. The van der Waals surface area contributed by atoms with Gasteiger partial charge in [0.25, 0.3) is 0 Å². The monoisotopic (exact) mass is 2620 g/mol. The predicted octanol–water partition coefficient (Wildman–Crippen LogP) is 17.6. The molecule has 26 atom stereocenters. The smallest absolute Gasteiger partial charge is 0.308 e. The second kappa shape index (κ2) is 45.5. The minimum absolute atomic E-state index is 0. The first-order valence-electron chi connectivity index (χ1n) is 44.3. The van der Waals surface area contributed by atoms with Crippen molar-refractivity contribution in [2.75, 3.05) is 0 Å². The summed E-state index contributed by atoms with van der Waals surface area (Å²) < 4.78 is 29.2. The van der Waals surface area contributed by atoms with Gasteiger partial charge in [-0.1, -0.05) is 108 Å². The molecule has 0 aromatic heterocycles. The number of aliphatic hydroxyl groups excluding tert-OH is 5. The average Bonchev–Trinajstić information content (AvgIpc) is 1.62. The summed E-state index contributed by atoms with van der Waals surface area (Å²) in [5.74, 6) is 9.63. The summed E-state index contributed by atoms with van der Waals surface area (Å²) in [6.45, 7) is 12.2. The molecule has 17 aliphatic carbocycles. The minimum atomic E-state index is -0.551. The van der Waals surface area contributed by atoms with E-state index < -0.39 is 36.1 Å². The zero-order valence-electron chi connectivity index (χ0n) is 69.4. The molecule has 17 rings (SSSR count). The first-order chi connectivity index (χ1) is 51.4. The van der Waals surface area contributed by atoms with Crippen molar-refractivity contribution in [3.05, 3.63) is 60.8 Å². The fourth-order valence-electron chi connectivity index (χ4n) is 25.4. The van der Waals surface area contributed by atoms with Crippen LogP contribution >= 0.6 is 0 Å². The van der Waals surface area contributed by atoms with Crippen LogP contribution in [0, 0.1) is 339 Å². The number of allylic oxidation sites excluding steroid dienone is 10. The van der Waals surface area contributed by atoms with E-state index in [0.29, 0.717) is 76.9 Å². The van der Waals surface area contributed by atoms with Crippen molar-refractivity contribution in [1.82, 2.24) is 0 Å². The number of aliphatic hydroxyl groups is 5. The summed E-state index contributed by atoms with van der Waals surface area (Å²) in [6, 6.07) is 0. The Balaban J connectivity index is 0.000000174. The summed E-state index contributed by atoms with van der Waals surface area (Å²) in [6.07, 6.45) is 61.0. The molecule has 12 saturated carbocycles. The van der Waals surface area contributed by atoms with Crippen molar-refractivity contribution in [3.63, 3.8) is 0 Å². The Hall–Kier alpha value is 3.06. The second-order valence-corrected chi connectivity index (χ2v) is 38.8. The maximum Gasteiger partial charge on any atom is 0.308 e. The molecule has 0 heterocycles. The SMILES string of the molecule is CCC(C)(C)OC(=O)CC(O)C1CC2C=CC1C2.CCC1(OC(=O)CC(O)C2CC3C=CC2C3)CC2CCC1C2.CCC1(OC(=O)CC(O)C2CC3C=CC2C3)CCCC1.CCC1(OC(=O)CC(O)CC2CC3C=CC2C3)CC2CCC1C2.O=C(CC(O)C1CC2C=CC1C2)OC1(C2CCCCC2)CCCC1.[Ac].[Ac].[Ac].[Ac].[Ac]. The second-order valence-electron chi connectivity index (χ2n) is 38.8. The first-order valence-corrected chi connectivity index (χ1v) is 44.3. The minimum Gasteiger partial charge on any atom is -0.460 e. The van der Waals surface area contributed by atoms with Crippen LogP contribution in [0.2, 0.25) is 0 Å². The van der Waals surface area contributed by atoms with Crippen LogP contribution in [0.25, 0.3) is 0 Å². The Bertz CT molecular complexity index is 3190. The van der Waals surface area contributed by atoms with Crippen LogP contribution in [0.3, 0.4) is 0 Å². The van der Waals surface area contributed by atoms with Crippen molar-refractivity contribution in [2.24, 2.45) is 118 Å². The molecular formula is C92H140Ac5O15. The van der Waals surface area contributed by atoms with Crippen molar-refractivity contribution in [1.29, 1.82) is 0 Å². The van der Waals surface area contributed by atoms with E-state index in [1.807, 2.05) is 20.8 Å². The third-order valence-electron chi connectivity index (χ3n) is 31.7. The van der Waals surface area contributed by atoms with E-state index in [2.05, 4.69) is 81.5 Å². The Morgan fingerprint density at radius 3 is 1.07 bits per heavy atom. The van der Waals surface area contributed by atoms with E-state index in [0.717, 1.165) is 140 Å². The number of esters is 5. The third-order valence-corrected chi connectivity index (χ3v) is 31.7. The molecule has 0 aromatic rings. The zero-order chi connectivity index (χ0) is 75.4. The summed E-state index contributed by atoms with van der Waals surface area (Å²) in [4.78, 5) is 61.3. The fourth-order valence-corrected chi connectivity index (χ4v) is 25.4. The molecule has 0 saturated heterocycles. The molecule has 15 nitrogen and oxygen atoms in total. The predicted molar refractivity (Wildman–Crippen MR) is 413 cm³/mol. The third kappa shape index (κ3) is 25.3. The Kier molecular flexibility index (Phi) is 40.8. The van der Waals surface area contributed by atoms with Gasteiger partial charge in [0, 0.05) is 220 Å². The average molecular weight is 2620 g/mol. The van der Waals surface area contributed by atoms with E-state index >= 15 is 0 Å². The van der Waals surface area contributed by atoms with Gasteiger partial charge < -0.3 is 49.2 Å². The van der Waals surface area contributed by atoms with Gasteiger partial charge in [-0.15, -0.1) is 0 Å². The first kappa shape index (κ1) is 100. The molecule has 17 aliphatic rings. The number of ether oxygens (including phenoxy) is 5. The molecule has 20 heteroatoms. The van der Waals surface area contributed by atoms with Gasteiger partial charge in [0.05, 0.1) is 62.6 Å². The van der Waals surface area contributed by atoms with Crippen molar-refractivity contribution in [2.45, 2.75) is 363 Å². The van der Waals surface area contributed by atoms with Crippen LogP contribution in [0.15, 0.2) is 60.8 Å². The largest absolute Gasteiger partial charge is 0.460 e. The molecule has 0 amide bonds. The molecule has 0 aromatic carbocycles. The van der Waals surface area contributed by atoms with Gasteiger partial charge in [-0.2, -0.15) is 0 Å². The molecule has 613 valence electrons. The number of hydrogen-bond donors (Lipinski definition) is 5. The number of rotatable bonds is 26. The zero-order valence-corrected chi connectivity index (χ0v) is 93.1. The van der Waals surface area contributed by atoms with Crippen LogP contribution < -0.4 is 0 Å². The molecule has 14 bridgehead atoms. The summed E-state index contributed by atoms with van der Waals surface area (Å²) in [7, 11) is 0. The Morgan fingerprint density at radius 2 is 0.741 bits per heavy atom. The molecule has 0 aliphatic heterocycles. The van der Waals surface area contributed by atoms with Crippen molar-refractivity contribution >= 4 is 29.8 Å². The van der Waals surface area contributed by atoms with Gasteiger partial charge in [0.15, 0.2) is 0 Å². The molecule has 112 heavy (non-hydrogen) atoms. The number of fused-ring (bicyclic) bond motifs is 14. The Morgan fingerprint density at radius 1 is 0.375 bits per heavy atom. The van der Waals surface area contributed by atoms with E-state index in [9.17, 15) is 49.5 Å². The maximum absolute atomic E-state index is 12.6. The normalized spacial score (nSPS) is 37.5. The van der Waals surface area contributed by atoms with Crippen molar-refractivity contribution in [3.8, 4) is 0 Å². The van der Waals surface area contributed by atoms with E-state index in [-0.39, 0.29) is 328 Å². The van der Waals surface area contributed by atoms with E-state index in [4.69, 9.17) is 23.7 Å². The quantitative estimate of drug-likeness (QED) is 0.0308. The van der Waals surface area contributed by atoms with Crippen LogP contribution in [-0.2, 0) is 47.7 Å². The van der Waals surface area contributed by atoms with Gasteiger partial charge in [-0.3, -0.25) is 24.0 Å². The van der Waals surface area contributed by atoms with Gasteiger partial charge in [-0.05, 0) is 344 Å². The molecule has 12 fully saturated rings. The standard InChI is InChI=1S/C21H32O3.C20H30O3.C19H28O3.C17H26O3.C15H24O3.5Ac/c22-19(18-13-15-8-9-16(18)12-15)14-20(23)24-21(10-4-5-11-21)17-6-2-1-3-7-17;1-2-20(12-14-4-6-17(20)9-14)23-19(22)11-18(21)10-16-8-13-3-5-15(16)7-13;1-2-19(11-13-4-6-15(19)8-13)22-18(21)10-17(20)16-9-12-3-5-14(16)7-12;1-2-17(7-3-4-8-17)20-16(19)11-15(18)14-10-12-5-6-13(14)9-12;1-4-15(2,3)18-14(17)9-13(16)12-8-10-5-6-11(12)7-10;;;;;/h8-9,15-19,22H,1-7,10-14H2;3,5,13-18,21H,2,4,6-12H2,1H3;3,5,12-17,20H,2,4,6-11H2,1H3;5-6,12-15,18H,2-4,7-11H2,1H3;5-6,10-13,16H,4,7-9H2,1-3H3;;;;;. The topological polar surface area (TPSA) is 233 Å². The number of carbonyl (C=O) groups is 5. The molecule has 5 N–H and O–H groups in total. The van der Waals surface area contributed by atoms with Gasteiger partial charge >= 0.3 is 29.8 Å². The van der Waals surface area contributed by atoms with Gasteiger partial charge in [0.2, 0.25) is 0 Å².